The minimum atomic E-state index is -0.364. The van der Waals surface area contributed by atoms with Gasteiger partial charge in [-0.3, -0.25) is 9.89 Å². The predicted molar refractivity (Wildman–Crippen MR) is 71.5 cm³/mol. The number of aryl methyl sites for hydroxylation is 1. The Morgan fingerprint density at radius 1 is 1.53 bits per heavy atom. The van der Waals surface area contributed by atoms with Crippen LogP contribution in [0.5, 0.6) is 0 Å². The minimum Gasteiger partial charge on any atom is -0.325 e. The molecule has 1 amide bonds. The molecule has 19 heavy (non-hydrogen) atoms. The number of anilines is 1. The van der Waals surface area contributed by atoms with Gasteiger partial charge < -0.3 is 5.32 Å². The van der Waals surface area contributed by atoms with Crippen molar-refractivity contribution in [1.82, 2.24) is 15.2 Å². The van der Waals surface area contributed by atoms with Crippen LogP contribution in [0.4, 0.5) is 10.1 Å². The summed E-state index contributed by atoms with van der Waals surface area (Å²) in [5.74, 6) is -0.557. The summed E-state index contributed by atoms with van der Waals surface area (Å²) >= 11 is 1.25. The van der Waals surface area contributed by atoms with E-state index in [1.807, 2.05) is 0 Å². The number of hydrogen-bond acceptors (Lipinski definition) is 4. The van der Waals surface area contributed by atoms with E-state index in [2.05, 4.69) is 20.5 Å². The molecule has 0 saturated carbocycles. The molecule has 0 aliphatic carbocycles. The highest BCUT2D eigenvalue weighted by Gasteiger charge is 2.16. The number of aromatic nitrogens is 3. The Balaban J connectivity index is 1.98. The molecule has 1 atom stereocenters. The number of carbonyl (C=O) groups is 1. The van der Waals surface area contributed by atoms with Crippen molar-refractivity contribution < 1.29 is 9.18 Å². The summed E-state index contributed by atoms with van der Waals surface area (Å²) in [7, 11) is 0. The van der Waals surface area contributed by atoms with Gasteiger partial charge in [-0.1, -0.05) is 17.8 Å². The normalized spacial score (nSPS) is 12.2. The highest BCUT2D eigenvalue weighted by atomic mass is 32.2. The average molecular weight is 280 g/mol. The molecule has 5 nitrogen and oxygen atoms in total. The predicted octanol–water partition coefficient (Wildman–Crippen LogP) is 2.37. The van der Waals surface area contributed by atoms with E-state index in [9.17, 15) is 9.18 Å². The molecular weight excluding hydrogens is 267 g/mol. The summed E-state index contributed by atoms with van der Waals surface area (Å²) in [6.45, 7) is 3.41. The summed E-state index contributed by atoms with van der Waals surface area (Å²) in [5, 5.41) is 9.23. The first-order valence-electron chi connectivity index (χ1n) is 5.65. The molecule has 7 heteroatoms. The number of amides is 1. The van der Waals surface area contributed by atoms with Gasteiger partial charge in [0.05, 0.1) is 5.25 Å². The molecule has 1 heterocycles. The summed E-state index contributed by atoms with van der Waals surface area (Å²) in [4.78, 5) is 15.8. The lowest BCUT2D eigenvalue weighted by Gasteiger charge is -2.10. The maximum atomic E-state index is 13.4. The van der Waals surface area contributed by atoms with E-state index >= 15 is 0 Å². The van der Waals surface area contributed by atoms with E-state index in [0.29, 0.717) is 16.4 Å². The van der Waals surface area contributed by atoms with Crippen LogP contribution < -0.4 is 5.32 Å². The van der Waals surface area contributed by atoms with Gasteiger partial charge in [-0.25, -0.2) is 9.37 Å². The lowest BCUT2D eigenvalue weighted by atomic mass is 10.2. The molecule has 2 N–H and O–H groups in total. The van der Waals surface area contributed by atoms with Crippen LogP contribution >= 0.6 is 11.8 Å². The van der Waals surface area contributed by atoms with Gasteiger partial charge in [0.1, 0.15) is 12.1 Å². The Morgan fingerprint density at radius 2 is 2.32 bits per heavy atom. The third kappa shape index (κ3) is 3.54. The molecule has 0 aliphatic heterocycles. The fraction of sp³-hybridized carbons (Fsp3) is 0.250. The largest absolute Gasteiger partial charge is 0.325 e. The summed E-state index contributed by atoms with van der Waals surface area (Å²) < 4.78 is 13.4. The lowest BCUT2D eigenvalue weighted by Crippen LogP contribution is -2.22. The molecular formula is C12H13FN4OS. The molecule has 0 saturated heterocycles. The molecule has 0 spiro atoms. The number of benzene rings is 1. The van der Waals surface area contributed by atoms with Crippen LogP contribution in [0.3, 0.4) is 0 Å². The Morgan fingerprint density at radius 3 is 2.95 bits per heavy atom. The quantitative estimate of drug-likeness (QED) is 0.843. The second-order valence-electron chi connectivity index (χ2n) is 4.00. The molecule has 2 rings (SSSR count). The Labute approximate surface area is 114 Å². The van der Waals surface area contributed by atoms with Crippen molar-refractivity contribution in [1.29, 1.82) is 0 Å². The van der Waals surface area contributed by atoms with Gasteiger partial charge >= 0.3 is 0 Å². The van der Waals surface area contributed by atoms with Gasteiger partial charge in [0.2, 0.25) is 5.91 Å². The molecule has 1 aromatic heterocycles. The third-order valence-corrected chi connectivity index (χ3v) is 3.48. The number of H-pyrrole nitrogens is 1. The number of nitrogens with zero attached hydrogens (tertiary/aromatic N) is 2. The van der Waals surface area contributed by atoms with Gasteiger partial charge in [-0.05, 0) is 31.5 Å². The van der Waals surface area contributed by atoms with Crippen molar-refractivity contribution in [2.24, 2.45) is 0 Å². The maximum Gasteiger partial charge on any atom is 0.237 e. The topological polar surface area (TPSA) is 70.7 Å². The van der Waals surface area contributed by atoms with Crippen molar-refractivity contribution in [3.63, 3.8) is 0 Å². The molecule has 1 unspecified atom stereocenters. The minimum absolute atomic E-state index is 0.218. The van der Waals surface area contributed by atoms with Crippen LogP contribution in [0.15, 0.2) is 29.7 Å². The van der Waals surface area contributed by atoms with Crippen LogP contribution in [0.2, 0.25) is 0 Å². The Bertz CT molecular complexity index is 573. The van der Waals surface area contributed by atoms with Crippen molar-refractivity contribution in [2.75, 3.05) is 5.32 Å². The standard InChI is InChI=1S/C12H13FN4OS/c1-7-3-4-9(5-10(7)13)16-11(18)8(2)19-12-14-6-15-17-12/h3-6,8H,1-2H3,(H,16,18)(H,14,15,17). The first-order valence-corrected chi connectivity index (χ1v) is 6.53. The molecule has 0 radical (unpaired) electrons. The summed E-state index contributed by atoms with van der Waals surface area (Å²) in [5.41, 5.74) is 0.986. The van der Waals surface area contributed by atoms with Gasteiger partial charge in [0.15, 0.2) is 5.16 Å². The molecule has 1 aromatic carbocycles. The number of hydrogen-bond donors (Lipinski definition) is 2. The van der Waals surface area contributed by atoms with Crippen LogP contribution in [0.25, 0.3) is 0 Å². The maximum absolute atomic E-state index is 13.4. The molecule has 2 aromatic rings. The molecule has 0 bridgehead atoms. The second-order valence-corrected chi connectivity index (χ2v) is 5.33. The van der Waals surface area contributed by atoms with Crippen molar-refractivity contribution in [3.8, 4) is 0 Å². The van der Waals surface area contributed by atoms with Gasteiger partial charge in [0, 0.05) is 5.69 Å². The first-order chi connectivity index (χ1) is 9.06. The van der Waals surface area contributed by atoms with Gasteiger partial charge in [-0.15, -0.1) is 0 Å². The number of carbonyl (C=O) groups excluding carboxylic acids is 1. The van der Waals surface area contributed by atoms with Crippen LogP contribution in [-0.2, 0) is 4.79 Å². The number of thioether (sulfide) groups is 1. The van der Waals surface area contributed by atoms with Crippen molar-refractivity contribution >= 4 is 23.4 Å². The zero-order chi connectivity index (χ0) is 13.8. The highest BCUT2D eigenvalue weighted by Crippen LogP contribution is 2.20. The number of aromatic amines is 1. The molecule has 0 fully saturated rings. The first kappa shape index (κ1) is 13.5. The SMILES string of the molecule is Cc1ccc(NC(=O)C(C)Sc2ncn[nH]2)cc1F. The second kappa shape index (κ2) is 5.83. The van der Waals surface area contributed by atoms with Crippen LogP contribution in [-0.4, -0.2) is 26.3 Å². The monoisotopic (exact) mass is 280 g/mol. The highest BCUT2D eigenvalue weighted by molar-refractivity contribution is 8.00. The fourth-order valence-electron chi connectivity index (χ4n) is 1.39. The zero-order valence-electron chi connectivity index (χ0n) is 10.5. The smallest absolute Gasteiger partial charge is 0.237 e. The Hall–Kier alpha value is -1.89. The summed E-state index contributed by atoms with van der Waals surface area (Å²) in [6, 6.07) is 4.60. The van der Waals surface area contributed by atoms with E-state index in [-0.39, 0.29) is 17.0 Å². The van der Waals surface area contributed by atoms with Crippen molar-refractivity contribution in [2.45, 2.75) is 24.3 Å². The Kier molecular flexibility index (Phi) is 4.16. The number of rotatable bonds is 4. The lowest BCUT2D eigenvalue weighted by molar-refractivity contribution is -0.115. The van der Waals surface area contributed by atoms with E-state index in [0.717, 1.165) is 0 Å². The number of halogens is 1. The average Bonchev–Trinajstić information content (AvgIpc) is 2.86. The molecule has 0 aliphatic rings. The summed E-state index contributed by atoms with van der Waals surface area (Å²) in [6.07, 6.45) is 1.38. The van der Waals surface area contributed by atoms with Crippen LogP contribution in [0.1, 0.15) is 12.5 Å². The van der Waals surface area contributed by atoms with Gasteiger partial charge in [-0.2, -0.15) is 5.10 Å². The van der Waals surface area contributed by atoms with E-state index < -0.39 is 0 Å². The van der Waals surface area contributed by atoms with E-state index in [1.54, 1.807) is 26.0 Å². The zero-order valence-corrected chi connectivity index (χ0v) is 11.3. The molecule has 100 valence electrons. The van der Waals surface area contributed by atoms with Crippen molar-refractivity contribution in [3.05, 3.63) is 35.9 Å². The number of nitrogens with one attached hydrogen (secondary N) is 2. The van der Waals surface area contributed by atoms with Gasteiger partial charge in [0.25, 0.3) is 0 Å². The third-order valence-electron chi connectivity index (χ3n) is 2.49. The van der Waals surface area contributed by atoms with E-state index in [4.69, 9.17) is 0 Å². The fourth-order valence-corrected chi connectivity index (χ4v) is 2.10. The van der Waals surface area contributed by atoms with E-state index in [1.165, 1.54) is 24.2 Å². The van der Waals surface area contributed by atoms with Crippen LogP contribution in [0, 0.1) is 12.7 Å².